The van der Waals surface area contributed by atoms with Gasteiger partial charge in [-0.1, -0.05) is 11.8 Å². The van der Waals surface area contributed by atoms with Crippen LogP contribution in [0, 0.1) is 23.7 Å². The molecule has 0 unspecified atom stereocenters. The van der Waals surface area contributed by atoms with E-state index >= 15 is 0 Å². The first-order valence-electron chi connectivity index (χ1n) is 8.80. The van der Waals surface area contributed by atoms with Gasteiger partial charge in [0.1, 0.15) is 39.3 Å². The second kappa shape index (κ2) is 9.47. The van der Waals surface area contributed by atoms with E-state index in [1.807, 2.05) is 0 Å². The van der Waals surface area contributed by atoms with Crippen LogP contribution >= 0.6 is 0 Å². The summed E-state index contributed by atoms with van der Waals surface area (Å²) in [7, 11) is 0. The van der Waals surface area contributed by atoms with Gasteiger partial charge in [0.25, 0.3) is 0 Å². The summed E-state index contributed by atoms with van der Waals surface area (Å²) in [5, 5.41) is 0. The molecule has 3 rings (SSSR count). The molecule has 2 aliphatic rings. The fourth-order valence-corrected chi connectivity index (χ4v) is 2.85. The summed E-state index contributed by atoms with van der Waals surface area (Å²) in [5.74, 6) is 13.1. The minimum Gasteiger partial charge on any atom is -0.370 e. The van der Waals surface area contributed by atoms with Gasteiger partial charge in [0.15, 0.2) is 0 Å². The lowest BCUT2D eigenvalue weighted by Gasteiger charge is -2.21. The third-order valence-corrected chi connectivity index (χ3v) is 4.43. The quantitative estimate of drug-likeness (QED) is 0.629. The highest BCUT2D eigenvalue weighted by molar-refractivity contribution is 5.41. The molecule has 0 atom stereocenters. The summed E-state index contributed by atoms with van der Waals surface area (Å²) in [6.07, 6.45) is 0. The maximum atomic E-state index is 5.36. The Labute approximate surface area is 144 Å². The number of morpholine rings is 2. The third-order valence-electron chi connectivity index (χ3n) is 4.43. The maximum absolute atomic E-state index is 5.36. The van der Waals surface area contributed by atoms with Crippen LogP contribution in [0.3, 0.4) is 0 Å². The van der Waals surface area contributed by atoms with E-state index in [2.05, 4.69) is 47.9 Å². The predicted molar refractivity (Wildman–Crippen MR) is 93.0 cm³/mol. The second-order valence-corrected chi connectivity index (χ2v) is 6.26. The number of rotatable bonds is 2. The molecular formula is C20H26N2O2+2. The van der Waals surface area contributed by atoms with Crippen molar-refractivity contribution in [2.75, 3.05) is 65.7 Å². The molecule has 2 N–H and O–H groups in total. The molecule has 4 heteroatoms. The molecular weight excluding hydrogens is 300 g/mol. The van der Waals surface area contributed by atoms with Crippen LogP contribution in [0.1, 0.15) is 11.1 Å². The molecule has 24 heavy (non-hydrogen) atoms. The molecule has 0 bridgehead atoms. The van der Waals surface area contributed by atoms with E-state index < -0.39 is 0 Å². The summed E-state index contributed by atoms with van der Waals surface area (Å²) in [4.78, 5) is 3.03. The molecule has 0 amide bonds. The summed E-state index contributed by atoms with van der Waals surface area (Å²) in [6, 6.07) is 8.25. The van der Waals surface area contributed by atoms with Crippen molar-refractivity contribution >= 4 is 0 Å². The number of ether oxygens (including phenoxy) is 2. The first kappa shape index (κ1) is 17.0. The van der Waals surface area contributed by atoms with Gasteiger partial charge in [-0.15, -0.1) is 0 Å². The van der Waals surface area contributed by atoms with Crippen LogP contribution in [-0.4, -0.2) is 65.7 Å². The average Bonchev–Trinajstić information content (AvgIpc) is 2.65. The Kier molecular flexibility index (Phi) is 6.71. The molecule has 0 radical (unpaired) electrons. The van der Waals surface area contributed by atoms with E-state index in [9.17, 15) is 0 Å². The summed E-state index contributed by atoms with van der Waals surface area (Å²) in [5.41, 5.74) is 2.12. The van der Waals surface area contributed by atoms with Crippen LogP contribution in [0.25, 0.3) is 0 Å². The molecule has 2 fully saturated rings. The van der Waals surface area contributed by atoms with E-state index in [1.165, 1.54) is 9.80 Å². The van der Waals surface area contributed by atoms with Gasteiger partial charge in [0.2, 0.25) is 0 Å². The van der Waals surface area contributed by atoms with E-state index in [1.54, 1.807) is 0 Å². The molecule has 4 nitrogen and oxygen atoms in total. The number of benzene rings is 1. The fraction of sp³-hybridized carbons (Fsp3) is 0.500. The second-order valence-electron chi connectivity index (χ2n) is 6.26. The minimum atomic E-state index is 0.858. The number of hydrogen-bond acceptors (Lipinski definition) is 2. The van der Waals surface area contributed by atoms with E-state index in [0.29, 0.717) is 0 Å². The Bertz CT molecular complexity index is 565. The highest BCUT2D eigenvalue weighted by Crippen LogP contribution is 2.01. The van der Waals surface area contributed by atoms with Gasteiger partial charge in [0.05, 0.1) is 26.4 Å². The third kappa shape index (κ3) is 5.67. The molecule has 1 aromatic rings. The zero-order valence-electron chi connectivity index (χ0n) is 14.2. The lowest BCUT2D eigenvalue weighted by atomic mass is 10.1. The SMILES string of the molecule is C(#Cc1ccc(C#CC[NH+]2CCOCC2)cc1)C[NH+]1CCOCC1. The summed E-state index contributed by atoms with van der Waals surface area (Å²) < 4.78 is 10.7. The van der Waals surface area contributed by atoms with Crippen molar-refractivity contribution in [3.63, 3.8) is 0 Å². The zero-order valence-corrected chi connectivity index (χ0v) is 14.2. The van der Waals surface area contributed by atoms with Gasteiger partial charge in [0, 0.05) is 11.1 Å². The minimum absolute atomic E-state index is 0.858. The van der Waals surface area contributed by atoms with E-state index in [0.717, 1.165) is 76.8 Å². The Morgan fingerprint density at radius 2 is 1.04 bits per heavy atom. The Morgan fingerprint density at radius 3 is 1.42 bits per heavy atom. The van der Waals surface area contributed by atoms with Gasteiger partial charge in [-0.2, -0.15) is 0 Å². The van der Waals surface area contributed by atoms with Crippen molar-refractivity contribution in [3.8, 4) is 23.7 Å². The van der Waals surface area contributed by atoms with Crippen molar-refractivity contribution in [2.45, 2.75) is 0 Å². The van der Waals surface area contributed by atoms with Gasteiger partial charge in [-0.25, -0.2) is 0 Å². The molecule has 1 aromatic carbocycles. The first-order chi connectivity index (χ1) is 11.9. The number of hydrogen-bond donors (Lipinski definition) is 2. The van der Waals surface area contributed by atoms with Crippen LogP contribution in [0.2, 0.25) is 0 Å². The smallest absolute Gasteiger partial charge is 0.139 e. The zero-order chi connectivity index (χ0) is 16.5. The molecule has 0 aromatic heterocycles. The molecule has 2 saturated heterocycles. The monoisotopic (exact) mass is 326 g/mol. The number of nitrogens with one attached hydrogen (secondary N) is 2. The molecule has 0 spiro atoms. The largest absolute Gasteiger partial charge is 0.370 e. The van der Waals surface area contributed by atoms with Crippen LogP contribution in [0.4, 0.5) is 0 Å². The normalized spacial score (nSPS) is 19.0. The van der Waals surface area contributed by atoms with Crippen molar-refractivity contribution in [1.29, 1.82) is 0 Å². The fourth-order valence-electron chi connectivity index (χ4n) is 2.85. The highest BCUT2D eigenvalue weighted by Gasteiger charge is 2.12. The molecule has 0 saturated carbocycles. The van der Waals surface area contributed by atoms with Crippen LogP contribution in [0.15, 0.2) is 24.3 Å². The van der Waals surface area contributed by atoms with Gasteiger partial charge >= 0.3 is 0 Å². The van der Waals surface area contributed by atoms with Crippen LogP contribution < -0.4 is 9.80 Å². The van der Waals surface area contributed by atoms with Crippen molar-refractivity contribution in [3.05, 3.63) is 35.4 Å². The van der Waals surface area contributed by atoms with Crippen molar-refractivity contribution in [2.24, 2.45) is 0 Å². The van der Waals surface area contributed by atoms with Crippen LogP contribution in [-0.2, 0) is 9.47 Å². The molecule has 0 aliphatic carbocycles. The molecule has 126 valence electrons. The van der Waals surface area contributed by atoms with Gasteiger partial charge < -0.3 is 19.3 Å². The highest BCUT2D eigenvalue weighted by atomic mass is 16.5. The Hall–Kier alpha value is -1.82. The standard InChI is InChI=1S/C20H24N2O2/c1(9-21-11-15-23-16-12-21)3-19-5-7-20(8-6-19)4-2-10-22-13-17-24-18-14-22/h5-8H,9-18H2/p+2. The van der Waals surface area contributed by atoms with Gasteiger partial charge in [-0.3, -0.25) is 0 Å². The first-order valence-corrected chi connectivity index (χ1v) is 8.80. The lowest BCUT2D eigenvalue weighted by Crippen LogP contribution is -3.14. The van der Waals surface area contributed by atoms with E-state index in [-0.39, 0.29) is 0 Å². The van der Waals surface area contributed by atoms with Crippen molar-refractivity contribution in [1.82, 2.24) is 0 Å². The molecule has 2 heterocycles. The Balaban J connectivity index is 1.46. The number of quaternary nitrogens is 2. The van der Waals surface area contributed by atoms with Crippen LogP contribution in [0.5, 0.6) is 0 Å². The van der Waals surface area contributed by atoms with E-state index in [4.69, 9.17) is 9.47 Å². The summed E-state index contributed by atoms with van der Waals surface area (Å²) in [6.45, 7) is 9.48. The predicted octanol–water partition coefficient (Wildman–Crippen LogP) is -1.78. The van der Waals surface area contributed by atoms with Gasteiger partial charge in [-0.05, 0) is 36.1 Å². The molecule has 2 aliphatic heterocycles. The topological polar surface area (TPSA) is 27.3 Å². The Morgan fingerprint density at radius 1 is 0.667 bits per heavy atom. The summed E-state index contributed by atoms with van der Waals surface area (Å²) >= 11 is 0. The maximum Gasteiger partial charge on any atom is 0.139 e. The average molecular weight is 326 g/mol. The lowest BCUT2D eigenvalue weighted by molar-refractivity contribution is -0.900. The van der Waals surface area contributed by atoms with Crippen molar-refractivity contribution < 1.29 is 19.3 Å².